The Labute approximate surface area is 246 Å². The molecule has 0 fully saturated rings. The van der Waals surface area contributed by atoms with Gasteiger partial charge in [0.2, 0.25) is 0 Å². The monoisotopic (exact) mass is 586 g/mol. The zero-order valence-electron chi connectivity index (χ0n) is 23.2. The fraction of sp³-hybridized carbons (Fsp3) is 0.219. The van der Waals surface area contributed by atoms with Gasteiger partial charge < -0.3 is 14.2 Å². The number of aromatic nitrogens is 1. The van der Waals surface area contributed by atoms with Crippen molar-refractivity contribution in [2.75, 3.05) is 26.6 Å². The van der Waals surface area contributed by atoms with Gasteiger partial charge in [-0.25, -0.2) is 9.79 Å². The van der Waals surface area contributed by atoms with Crippen molar-refractivity contribution in [3.8, 4) is 11.5 Å². The third-order valence-electron chi connectivity index (χ3n) is 6.61. The Morgan fingerprint density at radius 2 is 1.78 bits per heavy atom. The molecule has 3 aromatic carbocycles. The molecule has 0 N–H and O–H groups in total. The van der Waals surface area contributed by atoms with Crippen LogP contribution in [0.2, 0.25) is 0 Å². The van der Waals surface area contributed by atoms with E-state index < -0.39 is 12.0 Å². The number of benzene rings is 3. The van der Waals surface area contributed by atoms with E-state index in [0.29, 0.717) is 44.3 Å². The zero-order chi connectivity index (χ0) is 28.9. The predicted molar refractivity (Wildman–Crippen MR) is 163 cm³/mol. The molecule has 1 atom stereocenters. The van der Waals surface area contributed by atoms with E-state index >= 15 is 0 Å². The summed E-state index contributed by atoms with van der Waals surface area (Å²) >= 11 is 2.89. The molecule has 0 radical (unpaired) electrons. The highest BCUT2D eigenvalue weighted by molar-refractivity contribution is 7.98. The van der Waals surface area contributed by atoms with Crippen LogP contribution >= 0.6 is 23.1 Å². The van der Waals surface area contributed by atoms with Crippen molar-refractivity contribution in [1.82, 2.24) is 4.57 Å². The number of carbonyl (C=O) groups is 1. The topological polar surface area (TPSA) is 79.1 Å². The number of methoxy groups -OCH3 is 1. The molecule has 41 heavy (non-hydrogen) atoms. The number of thioether (sulfide) groups is 1. The Morgan fingerprint density at radius 1 is 1.02 bits per heavy atom. The Hall–Kier alpha value is -4.08. The second-order valence-corrected chi connectivity index (χ2v) is 10.9. The van der Waals surface area contributed by atoms with Gasteiger partial charge in [0, 0.05) is 16.0 Å². The fourth-order valence-corrected chi connectivity index (χ4v) is 6.19. The summed E-state index contributed by atoms with van der Waals surface area (Å²) < 4.78 is 19.0. The van der Waals surface area contributed by atoms with E-state index in [1.54, 1.807) is 36.4 Å². The van der Waals surface area contributed by atoms with Gasteiger partial charge in [0.05, 0.1) is 42.2 Å². The molecule has 0 amide bonds. The maximum Gasteiger partial charge on any atom is 0.338 e. The number of carbonyl (C=O) groups excluding carboxylic acids is 1. The summed E-state index contributed by atoms with van der Waals surface area (Å²) in [6.07, 6.45) is 3.80. The Balaban J connectivity index is 1.81. The van der Waals surface area contributed by atoms with E-state index in [4.69, 9.17) is 19.2 Å². The van der Waals surface area contributed by atoms with Gasteiger partial charge >= 0.3 is 5.97 Å². The number of fused-ring (bicyclic) bond motifs is 1. The van der Waals surface area contributed by atoms with Crippen molar-refractivity contribution in [2.45, 2.75) is 24.8 Å². The molecular weight excluding hydrogens is 556 g/mol. The number of para-hydroxylation sites is 1. The quantitative estimate of drug-likeness (QED) is 0.201. The van der Waals surface area contributed by atoms with E-state index in [9.17, 15) is 9.59 Å². The summed E-state index contributed by atoms with van der Waals surface area (Å²) in [6, 6.07) is 22.2. The van der Waals surface area contributed by atoms with Crippen molar-refractivity contribution >= 4 is 40.8 Å². The van der Waals surface area contributed by atoms with Gasteiger partial charge in [0.1, 0.15) is 0 Å². The third-order valence-corrected chi connectivity index (χ3v) is 8.34. The summed E-state index contributed by atoms with van der Waals surface area (Å²) in [5.41, 5.74) is 2.83. The summed E-state index contributed by atoms with van der Waals surface area (Å²) in [5, 5.41) is 0. The number of esters is 1. The molecule has 0 bridgehead atoms. The second-order valence-electron chi connectivity index (χ2n) is 9.02. The standard InChI is InChI=1S/C32H30N2O5S2/c1-5-38-29-22(13-10-14-24(29)37-3)19-25-30(35)34-28(21-15-17-23(40-4)18-16-21)26(31(36)39-6-2)27(33-32(34)41-25)20-11-8-7-9-12-20/h7-19,28H,5-6H2,1-4H3/b25-19-/t28-/m0/s1. The van der Waals surface area contributed by atoms with E-state index in [1.165, 1.54) is 11.3 Å². The first-order valence-corrected chi connectivity index (χ1v) is 15.3. The average Bonchev–Trinajstić information content (AvgIpc) is 3.32. The number of rotatable bonds is 9. The molecular formula is C32H30N2O5S2. The van der Waals surface area contributed by atoms with Gasteiger partial charge in [-0.15, -0.1) is 11.8 Å². The molecule has 0 unspecified atom stereocenters. The molecule has 1 aromatic heterocycles. The smallest absolute Gasteiger partial charge is 0.338 e. The molecule has 5 rings (SSSR count). The lowest BCUT2D eigenvalue weighted by atomic mass is 9.93. The van der Waals surface area contributed by atoms with Crippen LogP contribution in [0.4, 0.5) is 0 Å². The zero-order valence-corrected chi connectivity index (χ0v) is 24.9. The average molecular weight is 587 g/mol. The molecule has 1 aliphatic heterocycles. The van der Waals surface area contributed by atoms with Crippen molar-refractivity contribution in [3.63, 3.8) is 0 Å². The van der Waals surface area contributed by atoms with Crippen molar-refractivity contribution < 1.29 is 19.0 Å². The minimum absolute atomic E-state index is 0.197. The van der Waals surface area contributed by atoms with Crippen LogP contribution < -0.4 is 24.4 Å². The van der Waals surface area contributed by atoms with Crippen molar-refractivity contribution in [1.29, 1.82) is 0 Å². The minimum Gasteiger partial charge on any atom is -0.493 e. The fourth-order valence-electron chi connectivity index (χ4n) is 4.79. The SMILES string of the molecule is CCOC(=O)C1=C(c2ccccc2)N=c2s/c(=C\c3cccc(OC)c3OCC)c(=O)n2[C@H]1c1ccc(SC)cc1. The third kappa shape index (κ3) is 5.60. The molecule has 1 aliphatic rings. The highest BCUT2D eigenvalue weighted by Gasteiger charge is 2.35. The molecule has 0 saturated heterocycles. The lowest BCUT2D eigenvalue weighted by molar-refractivity contribution is -0.138. The summed E-state index contributed by atoms with van der Waals surface area (Å²) in [4.78, 5) is 34.2. The van der Waals surface area contributed by atoms with Crippen LogP contribution in [0, 0.1) is 0 Å². The van der Waals surface area contributed by atoms with Crippen molar-refractivity contribution in [3.05, 3.63) is 115 Å². The number of ether oxygens (including phenoxy) is 3. The second kappa shape index (κ2) is 12.6. The van der Waals surface area contributed by atoms with E-state index in [-0.39, 0.29) is 12.2 Å². The van der Waals surface area contributed by atoms with Crippen LogP contribution in [0.3, 0.4) is 0 Å². The molecule has 0 spiro atoms. The Morgan fingerprint density at radius 3 is 2.44 bits per heavy atom. The van der Waals surface area contributed by atoms with Crippen LogP contribution in [0.1, 0.15) is 36.6 Å². The van der Waals surface area contributed by atoms with Gasteiger partial charge in [0.15, 0.2) is 16.3 Å². The lowest BCUT2D eigenvalue weighted by Crippen LogP contribution is -2.40. The van der Waals surface area contributed by atoms with E-state index in [2.05, 4.69) is 0 Å². The maximum absolute atomic E-state index is 14.1. The summed E-state index contributed by atoms with van der Waals surface area (Å²) in [6.45, 7) is 4.30. The highest BCUT2D eigenvalue weighted by atomic mass is 32.2. The minimum atomic E-state index is -0.727. The largest absolute Gasteiger partial charge is 0.493 e. The van der Waals surface area contributed by atoms with Crippen LogP contribution in [-0.2, 0) is 9.53 Å². The van der Waals surface area contributed by atoms with Crippen LogP contribution in [-0.4, -0.2) is 37.1 Å². The molecule has 210 valence electrons. The maximum atomic E-state index is 14.1. The summed E-state index contributed by atoms with van der Waals surface area (Å²) in [7, 11) is 1.58. The van der Waals surface area contributed by atoms with Gasteiger partial charge in [-0.1, -0.05) is 65.9 Å². The number of hydrogen-bond acceptors (Lipinski definition) is 8. The Kier molecular flexibility index (Phi) is 8.75. The normalized spacial score (nSPS) is 14.8. The molecule has 7 nitrogen and oxygen atoms in total. The number of thiazole rings is 1. The van der Waals surface area contributed by atoms with Gasteiger partial charge in [-0.05, 0) is 49.9 Å². The molecule has 0 saturated carbocycles. The molecule has 0 aliphatic carbocycles. The van der Waals surface area contributed by atoms with Crippen molar-refractivity contribution in [2.24, 2.45) is 4.99 Å². The predicted octanol–water partition coefficient (Wildman–Crippen LogP) is 5.06. The number of nitrogens with zero attached hydrogens (tertiary/aromatic N) is 2. The first-order chi connectivity index (χ1) is 20.0. The highest BCUT2D eigenvalue weighted by Crippen LogP contribution is 2.36. The van der Waals surface area contributed by atoms with Gasteiger partial charge in [-0.3, -0.25) is 9.36 Å². The van der Waals surface area contributed by atoms with Crippen LogP contribution in [0.15, 0.2) is 93.1 Å². The Bertz CT molecular complexity index is 1770. The first-order valence-electron chi connectivity index (χ1n) is 13.2. The molecule has 2 heterocycles. The van der Waals surface area contributed by atoms with Crippen LogP contribution in [0.5, 0.6) is 11.5 Å². The van der Waals surface area contributed by atoms with Gasteiger partial charge in [0.25, 0.3) is 5.56 Å². The van der Waals surface area contributed by atoms with E-state index in [1.807, 2.05) is 86.0 Å². The van der Waals surface area contributed by atoms with E-state index in [0.717, 1.165) is 16.0 Å². The molecule has 4 aromatic rings. The lowest BCUT2D eigenvalue weighted by Gasteiger charge is -2.26. The van der Waals surface area contributed by atoms with Gasteiger partial charge in [-0.2, -0.15) is 0 Å². The van der Waals surface area contributed by atoms with Crippen LogP contribution in [0.25, 0.3) is 11.8 Å². The number of hydrogen-bond donors (Lipinski definition) is 0. The first kappa shape index (κ1) is 28.4. The summed E-state index contributed by atoms with van der Waals surface area (Å²) in [5.74, 6) is 0.635. The molecule has 9 heteroatoms.